The Morgan fingerprint density at radius 3 is 2.12 bits per heavy atom. The minimum absolute atomic E-state index is 0.0431. The van der Waals surface area contributed by atoms with E-state index in [0.717, 1.165) is 10.6 Å². The van der Waals surface area contributed by atoms with E-state index in [9.17, 15) is 26.0 Å². The zero-order valence-electron chi connectivity index (χ0n) is 22.9. The van der Waals surface area contributed by atoms with Gasteiger partial charge in [0.15, 0.2) is 0 Å². The monoisotopic (exact) mass is 613 g/mol. The van der Waals surface area contributed by atoms with E-state index in [1.54, 1.807) is 18.2 Å². The van der Waals surface area contributed by atoms with Crippen LogP contribution in [0.2, 0.25) is 0 Å². The maximum atomic E-state index is 14.2. The van der Waals surface area contributed by atoms with Gasteiger partial charge in [0.05, 0.1) is 43.3 Å². The van der Waals surface area contributed by atoms with Crippen LogP contribution in [-0.2, 0) is 26.6 Å². The van der Waals surface area contributed by atoms with Crippen LogP contribution in [0.4, 0.5) is 21.5 Å². The third kappa shape index (κ3) is 7.17. The van der Waals surface area contributed by atoms with Gasteiger partial charge in [-0.1, -0.05) is 18.2 Å². The molecular formula is C29H28FN3O7S2. The summed E-state index contributed by atoms with van der Waals surface area (Å²) in [7, 11) is -4.84. The number of hydrogen-bond acceptors (Lipinski definition) is 7. The lowest BCUT2D eigenvalue weighted by molar-refractivity contribution is 0.102. The van der Waals surface area contributed by atoms with E-state index in [0.29, 0.717) is 11.4 Å². The van der Waals surface area contributed by atoms with Crippen LogP contribution in [0.15, 0.2) is 95.9 Å². The molecule has 0 aliphatic carbocycles. The normalized spacial score (nSPS) is 11.4. The number of amides is 1. The SMILES string of the molecule is COc1ccc(NS(=O)(=O)c2ccc(NC(=O)c3ccc(N(Cc4ccccc4F)S(C)(=O)=O)cc3)cc2)c(OC)c1. The Kier molecular flexibility index (Phi) is 9.02. The molecule has 0 aliphatic heterocycles. The van der Waals surface area contributed by atoms with Gasteiger partial charge in [-0.05, 0) is 66.7 Å². The van der Waals surface area contributed by atoms with Crippen molar-refractivity contribution in [1.29, 1.82) is 0 Å². The third-order valence-electron chi connectivity index (χ3n) is 6.17. The molecule has 220 valence electrons. The molecule has 0 unspecified atom stereocenters. The van der Waals surface area contributed by atoms with Crippen molar-refractivity contribution in [1.82, 2.24) is 0 Å². The highest BCUT2D eigenvalue weighted by Crippen LogP contribution is 2.31. The number of nitrogens with zero attached hydrogens (tertiary/aromatic N) is 1. The number of carbonyl (C=O) groups excluding carboxylic acids is 1. The first-order chi connectivity index (χ1) is 19.9. The van der Waals surface area contributed by atoms with E-state index in [4.69, 9.17) is 9.47 Å². The number of sulfonamides is 2. The van der Waals surface area contributed by atoms with Gasteiger partial charge in [0, 0.05) is 22.9 Å². The molecule has 0 aromatic heterocycles. The molecule has 42 heavy (non-hydrogen) atoms. The molecule has 0 saturated carbocycles. The van der Waals surface area contributed by atoms with Crippen LogP contribution in [-0.4, -0.2) is 43.2 Å². The smallest absolute Gasteiger partial charge is 0.262 e. The number of rotatable bonds is 11. The summed E-state index contributed by atoms with van der Waals surface area (Å²) in [6.45, 7) is -0.216. The van der Waals surface area contributed by atoms with Gasteiger partial charge < -0.3 is 14.8 Å². The van der Waals surface area contributed by atoms with Gasteiger partial charge in [-0.2, -0.15) is 0 Å². The van der Waals surface area contributed by atoms with Crippen molar-refractivity contribution < 1.29 is 35.5 Å². The Labute approximate surface area is 243 Å². The summed E-state index contributed by atoms with van der Waals surface area (Å²) >= 11 is 0. The minimum atomic E-state index is -3.97. The Morgan fingerprint density at radius 2 is 1.52 bits per heavy atom. The lowest BCUT2D eigenvalue weighted by Crippen LogP contribution is -2.29. The largest absolute Gasteiger partial charge is 0.497 e. The van der Waals surface area contributed by atoms with E-state index < -0.39 is 31.8 Å². The zero-order valence-corrected chi connectivity index (χ0v) is 24.5. The highest BCUT2D eigenvalue weighted by molar-refractivity contribution is 7.92. The zero-order chi connectivity index (χ0) is 30.5. The van der Waals surface area contributed by atoms with Gasteiger partial charge >= 0.3 is 0 Å². The molecule has 4 aromatic carbocycles. The molecule has 1 amide bonds. The van der Waals surface area contributed by atoms with Crippen LogP contribution in [0.3, 0.4) is 0 Å². The fourth-order valence-electron chi connectivity index (χ4n) is 3.97. The van der Waals surface area contributed by atoms with Crippen molar-refractivity contribution in [2.75, 3.05) is 34.8 Å². The lowest BCUT2D eigenvalue weighted by atomic mass is 10.1. The number of carbonyl (C=O) groups is 1. The molecule has 4 rings (SSSR count). The van der Waals surface area contributed by atoms with Crippen molar-refractivity contribution in [2.45, 2.75) is 11.4 Å². The second-order valence-electron chi connectivity index (χ2n) is 9.06. The highest BCUT2D eigenvalue weighted by atomic mass is 32.2. The number of ether oxygens (including phenoxy) is 2. The van der Waals surface area contributed by atoms with Gasteiger partial charge in [0.1, 0.15) is 17.3 Å². The first kappa shape index (κ1) is 30.3. The van der Waals surface area contributed by atoms with Crippen LogP contribution in [0.1, 0.15) is 15.9 Å². The predicted molar refractivity (Wildman–Crippen MR) is 159 cm³/mol. The van der Waals surface area contributed by atoms with Crippen LogP contribution in [0.25, 0.3) is 0 Å². The summed E-state index contributed by atoms with van der Waals surface area (Å²) in [5.41, 5.74) is 1.24. The fraction of sp³-hybridized carbons (Fsp3) is 0.138. The first-order valence-corrected chi connectivity index (χ1v) is 15.7. The summed E-state index contributed by atoms with van der Waals surface area (Å²) in [6.07, 6.45) is 1.02. The summed E-state index contributed by atoms with van der Waals surface area (Å²) in [5.74, 6) is -0.255. The third-order valence-corrected chi connectivity index (χ3v) is 8.69. The molecule has 0 atom stereocenters. The Morgan fingerprint density at radius 1 is 0.857 bits per heavy atom. The Balaban J connectivity index is 1.45. The molecule has 0 spiro atoms. The molecule has 4 aromatic rings. The van der Waals surface area contributed by atoms with Gasteiger partial charge in [-0.3, -0.25) is 13.8 Å². The number of methoxy groups -OCH3 is 2. The lowest BCUT2D eigenvalue weighted by Gasteiger charge is -2.23. The first-order valence-electron chi connectivity index (χ1n) is 12.4. The highest BCUT2D eigenvalue weighted by Gasteiger charge is 2.21. The van der Waals surface area contributed by atoms with Crippen molar-refractivity contribution in [3.05, 3.63) is 108 Å². The summed E-state index contributed by atoms with van der Waals surface area (Å²) in [6, 6.07) is 21.9. The molecule has 0 saturated heterocycles. The molecule has 0 aliphatic rings. The summed E-state index contributed by atoms with van der Waals surface area (Å²) in [5, 5.41) is 2.67. The summed E-state index contributed by atoms with van der Waals surface area (Å²) in [4.78, 5) is 12.8. The van der Waals surface area contributed by atoms with Gasteiger partial charge in [-0.15, -0.1) is 0 Å². The molecule has 10 nitrogen and oxygen atoms in total. The van der Waals surface area contributed by atoms with Crippen molar-refractivity contribution in [2.24, 2.45) is 0 Å². The topological polar surface area (TPSA) is 131 Å². The van der Waals surface area contributed by atoms with E-state index in [-0.39, 0.29) is 39.7 Å². The number of hydrogen-bond donors (Lipinski definition) is 2. The molecule has 13 heteroatoms. The summed E-state index contributed by atoms with van der Waals surface area (Å²) < 4.78 is 78.7. The Hall–Kier alpha value is -4.62. The van der Waals surface area contributed by atoms with E-state index in [1.165, 1.54) is 87.0 Å². The average Bonchev–Trinajstić information content (AvgIpc) is 2.96. The fourth-order valence-corrected chi connectivity index (χ4v) is 5.92. The van der Waals surface area contributed by atoms with E-state index >= 15 is 0 Å². The van der Waals surface area contributed by atoms with Gasteiger partial charge in [0.25, 0.3) is 15.9 Å². The van der Waals surface area contributed by atoms with Crippen LogP contribution < -0.4 is 23.8 Å². The van der Waals surface area contributed by atoms with Crippen LogP contribution in [0.5, 0.6) is 11.5 Å². The Bertz CT molecular complexity index is 1800. The van der Waals surface area contributed by atoms with E-state index in [2.05, 4.69) is 10.0 Å². The van der Waals surface area contributed by atoms with E-state index in [1.807, 2.05) is 0 Å². The van der Waals surface area contributed by atoms with Gasteiger partial charge in [0.2, 0.25) is 10.0 Å². The molecular weight excluding hydrogens is 585 g/mol. The molecule has 0 bridgehead atoms. The number of nitrogens with one attached hydrogen (secondary N) is 2. The average molecular weight is 614 g/mol. The molecule has 2 N–H and O–H groups in total. The minimum Gasteiger partial charge on any atom is -0.497 e. The number of benzene rings is 4. The molecule has 0 heterocycles. The van der Waals surface area contributed by atoms with Crippen LogP contribution >= 0.6 is 0 Å². The molecule has 0 fully saturated rings. The quantitative estimate of drug-likeness (QED) is 0.247. The van der Waals surface area contributed by atoms with Crippen molar-refractivity contribution in [3.63, 3.8) is 0 Å². The van der Waals surface area contributed by atoms with Crippen molar-refractivity contribution in [3.8, 4) is 11.5 Å². The van der Waals surface area contributed by atoms with Crippen molar-refractivity contribution >= 4 is 43.0 Å². The van der Waals surface area contributed by atoms with Gasteiger partial charge in [-0.25, -0.2) is 21.2 Å². The number of halogens is 1. The second kappa shape index (κ2) is 12.5. The predicted octanol–water partition coefficient (Wildman–Crippen LogP) is 4.86. The molecule has 0 radical (unpaired) electrons. The van der Waals surface area contributed by atoms with Crippen LogP contribution in [0, 0.1) is 5.82 Å². The maximum absolute atomic E-state index is 14.2. The second-order valence-corrected chi connectivity index (χ2v) is 12.6. The standard InChI is InChI=1S/C29H28FN3O7S2/c1-39-24-14-17-27(28(18-24)40-2)32-42(37,38)25-15-10-22(11-16-25)31-29(34)20-8-12-23(13-9-20)33(41(3,35)36)19-21-6-4-5-7-26(21)30/h4-18,32H,19H2,1-3H3,(H,31,34). The maximum Gasteiger partial charge on any atom is 0.262 e. The number of anilines is 3.